The van der Waals surface area contributed by atoms with Crippen LogP contribution in [0.4, 0.5) is 10.1 Å². The van der Waals surface area contributed by atoms with Gasteiger partial charge >= 0.3 is 0 Å². The summed E-state index contributed by atoms with van der Waals surface area (Å²) in [7, 11) is 0. The minimum absolute atomic E-state index is 0.205. The van der Waals surface area contributed by atoms with E-state index < -0.39 is 0 Å². The van der Waals surface area contributed by atoms with Crippen LogP contribution in [0.5, 0.6) is 0 Å². The molecule has 0 radical (unpaired) electrons. The van der Waals surface area contributed by atoms with Gasteiger partial charge in [-0.1, -0.05) is 30.3 Å². The van der Waals surface area contributed by atoms with Gasteiger partial charge in [0, 0.05) is 31.2 Å². The molecule has 2 aromatic carbocycles. The van der Waals surface area contributed by atoms with Gasteiger partial charge < -0.3 is 10.6 Å². The SMILES string of the molecule is CCN(CC(CN)c1ccccc1)c1ccc(F)cc1. The van der Waals surface area contributed by atoms with E-state index in [2.05, 4.69) is 24.0 Å². The molecular weight excluding hydrogens is 251 g/mol. The fourth-order valence-electron chi connectivity index (χ4n) is 2.38. The lowest BCUT2D eigenvalue weighted by atomic mass is 9.98. The molecule has 2 rings (SSSR count). The Morgan fingerprint density at radius 1 is 1.05 bits per heavy atom. The molecule has 3 heteroatoms. The van der Waals surface area contributed by atoms with Crippen molar-refractivity contribution < 1.29 is 4.39 Å². The van der Waals surface area contributed by atoms with Gasteiger partial charge in [0.05, 0.1) is 0 Å². The van der Waals surface area contributed by atoms with Crippen LogP contribution in [-0.2, 0) is 0 Å². The maximum absolute atomic E-state index is 13.0. The predicted molar refractivity (Wildman–Crippen MR) is 82.5 cm³/mol. The Bertz CT molecular complexity index is 510. The van der Waals surface area contributed by atoms with E-state index in [-0.39, 0.29) is 11.7 Å². The second kappa shape index (κ2) is 7.06. The number of halogens is 1. The van der Waals surface area contributed by atoms with E-state index in [9.17, 15) is 4.39 Å². The van der Waals surface area contributed by atoms with Crippen LogP contribution in [0, 0.1) is 5.82 Å². The van der Waals surface area contributed by atoms with Crippen LogP contribution in [0.2, 0.25) is 0 Å². The number of likely N-dealkylation sites (N-methyl/N-ethyl adjacent to an activating group) is 1. The van der Waals surface area contributed by atoms with Gasteiger partial charge in [0.25, 0.3) is 0 Å². The van der Waals surface area contributed by atoms with Crippen LogP contribution in [0.1, 0.15) is 18.4 Å². The molecule has 0 amide bonds. The van der Waals surface area contributed by atoms with Crippen molar-refractivity contribution in [3.63, 3.8) is 0 Å². The Morgan fingerprint density at radius 3 is 2.25 bits per heavy atom. The first kappa shape index (κ1) is 14.5. The molecule has 0 aliphatic heterocycles. The van der Waals surface area contributed by atoms with Crippen LogP contribution in [-0.4, -0.2) is 19.6 Å². The average molecular weight is 272 g/mol. The molecule has 0 aliphatic carbocycles. The average Bonchev–Trinajstić information content (AvgIpc) is 2.51. The Balaban J connectivity index is 2.14. The second-order valence-electron chi connectivity index (χ2n) is 4.86. The first-order chi connectivity index (χ1) is 9.74. The quantitative estimate of drug-likeness (QED) is 0.873. The van der Waals surface area contributed by atoms with Gasteiger partial charge in [0.2, 0.25) is 0 Å². The van der Waals surface area contributed by atoms with Crippen LogP contribution in [0.15, 0.2) is 54.6 Å². The molecule has 0 aromatic heterocycles. The standard InChI is InChI=1S/C17H21FN2/c1-2-20(17-10-8-16(18)9-11-17)13-15(12-19)14-6-4-3-5-7-14/h3-11,15H,2,12-13,19H2,1H3. The predicted octanol–water partition coefficient (Wildman–Crippen LogP) is 3.39. The highest BCUT2D eigenvalue weighted by atomic mass is 19.1. The number of hydrogen-bond donors (Lipinski definition) is 1. The topological polar surface area (TPSA) is 29.3 Å². The Labute approximate surface area is 120 Å². The molecule has 0 heterocycles. The van der Waals surface area contributed by atoms with Gasteiger partial charge in [0.1, 0.15) is 5.82 Å². The fraction of sp³-hybridized carbons (Fsp3) is 0.294. The van der Waals surface area contributed by atoms with Crippen molar-refractivity contribution in [2.45, 2.75) is 12.8 Å². The van der Waals surface area contributed by atoms with E-state index in [1.54, 1.807) is 0 Å². The minimum atomic E-state index is -0.205. The van der Waals surface area contributed by atoms with E-state index in [1.165, 1.54) is 17.7 Å². The van der Waals surface area contributed by atoms with E-state index in [0.29, 0.717) is 6.54 Å². The van der Waals surface area contributed by atoms with Crippen molar-refractivity contribution in [1.82, 2.24) is 0 Å². The molecule has 1 atom stereocenters. The number of nitrogens with two attached hydrogens (primary N) is 1. The summed E-state index contributed by atoms with van der Waals surface area (Å²) in [5.41, 5.74) is 8.20. The summed E-state index contributed by atoms with van der Waals surface area (Å²) < 4.78 is 13.0. The lowest BCUT2D eigenvalue weighted by Gasteiger charge is -2.28. The summed E-state index contributed by atoms with van der Waals surface area (Å²) >= 11 is 0. The number of hydrogen-bond acceptors (Lipinski definition) is 2. The molecule has 2 N–H and O–H groups in total. The van der Waals surface area contributed by atoms with E-state index in [0.717, 1.165) is 18.8 Å². The van der Waals surface area contributed by atoms with Gasteiger partial charge in [-0.15, -0.1) is 0 Å². The largest absolute Gasteiger partial charge is 0.371 e. The lowest BCUT2D eigenvalue weighted by molar-refractivity contribution is 0.625. The second-order valence-corrected chi connectivity index (χ2v) is 4.86. The Hall–Kier alpha value is -1.87. The molecule has 0 bridgehead atoms. The zero-order valence-corrected chi connectivity index (χ0v) is 11.8. The van der Waals surface area contributed by atoms with E-state index in [1.807, 2.05) is 30.3 Å². The minimum Gasteiger partial charge on any atom is -0.371 e. The highest BCUT2D eigenvalue weighted by Crippen LogP contribution is 2.21. The Morgan fingerprint density at radius 2 is 1.70 bits per heavy atom. The lowest BCUT2D eigenvalue weighted by Crippen LogP contribution is -2.31. The molecule has 106 valence electrons. The van der Waals surface area contributed by atoms with E-state index >= 15 is 0 Å². The zero-order valence-electron chi connectivity index (χ0n) is 11.8. The molecule has 2 nitrogen and oxygen atoms in total. The van der Waals surface area contributed by atoms with Crippen molar-refractivity contribution in [1.29, 1.82) is 0 Å². The molecule has 0 aliphatic rings. The van der Waals surface area contributed by atoms with Gasteiger partial charge in [-0.2, -0.15) is 0 Å². The van der Waals surface area contributed by atoms with Crippen LogP contribution in [0.3, 0.4) is 0 Å². The summed E-state index contributed by atoms with van der Waals surface area (Å²) in [6.07, 6.45) is 0. The number of anilines is 1. The summed E-state index contributed by atoms with van der Waals surface area (Å²) in [5.74, 6) is 0.0736. The molecule has 0 spiro atoms. The molecule has 0 saturated carbocycles. The van der Waals surface area contributed by atoms with Crippen LogP contribution < -0.4 is 10.6 Å². The summed E-state index contributed by atoms with van der Waals surface area (Å²) in [6.45, 7) is 4.40. The molecule has 20 heavy (non-hydrogen) atoms. The van der Waals surface area contributed by atoms with Crippen LogP contribution >= 0.6 is 0 Å². The molecule has 0 saturated heterocycles. The molecular formula is C17H21FN2. The van der Waals surface area contributed by atoms with Crippen molar-refractivity contribution in [3.05, 3.63) is 66.0 Å². The maximum atomic E-state index is 13.0. The molecule has 1 unspecified atom stereocenters. The van der Waals surface area contributed by atoms with Crippen molar-refractivity contribution in [3.8, 4) is 0 Å². The third-order valence-corrected chi connectivity index (χ3v) is 3.57. The van der Waals surface area contributed by atoms with Crippen LogP contribution in [0.25, 0.3) is 0 Å². The van der Waals surface area contributed by atoms with Crippen molar-refractivity contribution in [2.75, 3.05) is 24.5 Å². The number of nitrogens with zero attached hydrogens (tertiary/aromatic N) is 1. The molecule has 0 fully saturated rings. The third kappa shape index (κ3) is 3.58. The first-order valence-electron chi connectivity index (χ1n) is 7.00. The number of rotatable bonds is 6. The Kier molecular flexibility index (Phi) is 5.13. The van der Waals surface area contributed by atoms with Gasteiger partial charge in [-0.05, 0) is 36.8 Å². The number of benzene rings is 2. The highest BCUT2D eigenvalue weighted by molar-refractivity contribution is 5.46. The molecule has 2 aromatic rings. The third-order valence-electron chi connectivity index (χ3n) is 3.57. The van der Waals surface area contributed by atoms with E-state index in [4.69, 9.17) is 5.73 Å². The van der Waals surface area contributed by atoms with Crippen molar-refractivity contribution in [2.24, 2.45) is 5.73 Å². The van der Waals surface area contributed by atoms with Gasteiger partial charge in [-0.3, -0.25) is 0 Å². The smallest absolute Gasteiger partial charge is 0.123 e. The van der Waals surface area contributed by atoms with Gasteiger partial charge in [-0.25, -0.2) is 4.39 Å². The van der Waals surface area contributed by atoms with Crippen molar-refractivity contribution >= 4 is 5.69 Å². The highest BCUT2D eigenvalue weighted by Gasteiger charge is 2.14. The summed E-state index contributed by atoms with van der Waals surface area (Å²) in [6, 6.07) is 16.9. The maximum Gasteiger partial charge on any atom is 0.123 e. The monoisotopic (exact) mass is 272 g/mol. The fourth-order valence-corrected chi connectivity index (χ4v) is 2.38. The van der Waals surface area contributed by atoms with Gasteiger partial charge in [0.15, 0.2) is 0 Å². The normalized spacial score (nSPS) is 12.2. The zero-order chi connectivity index (χ0) is 14.4. The summed E-state index contributed by atoms with van der Waals surface area (Å²) in [4.78, 5) is 2.23. The summed E-state index contributed by atoms with van der Waals surface area (Å²) in [5, 5.41) is 0. The first-order valence-corrected chi connectivity index (χ1v) is 7.00.